The third kappa shape index (κ3) is 5.77. The number of hydrogen-bond donors (Lipinski definition) is 2. The van der Waals surface area contributed by atoms with Crippen LogP contribution in [0.25, 0.3) is 40.9 Å². The van der Waals surface area contributed by atoms with Gasteiger partial charge < -0.3 is 25.3 Å². The van der Waals surface area contributed by atoms with Crippen molar-refractivity contribution in [3.05, 3.63) is 22.3 Å². The van der Waals surface area contributed by atoms with Crippen LogP contribution >= 0.6 is 22.7 Å². The molecule has 2 saturated heterocycles. The van der Waals surface area contributed by atoms with E-state index in [-0.39, 0.29) is 0 Å². The van der Waals surface area contributed by atoms with Crippen LogP contribution in [-0.2, 0) is 25.7 Å². The third-order valence-electron chi connectivity index (χ3n) is 11.0. The Balaban J connectivity index is 0.000000137. The zero-order chi connectivity index (χ0) is 34.5. The lowest BCUT2D eigenvalue weighted by atomic mass is 9.90. The lowest BCUT2D eigenvalue weighted by Crippen LogP contribution is -2.44. The molecule has 2 N–H and O–H groups in total. The summed E-state index contributed by atoms with van der Waals surface area (Å²) in [7, 11) is 6.14. The van der Waals surface area contributed by atoms with Gasteiger partial charge in [0.25, 0.3) is 0 Å². The maximum atomic E-state index is 5.03. The fraction of sp³-hybridized carbons (Fsp3) is 0.556. The summed E-state index contributed by atoms with van der Waals surface area (Å²) in [5.74, 6) is 4.12. The summed E-state index contributed by atoms with van der Waals surface area (Å²) in [5.41, 5.74) is 7.63. The number of aromatic nitrogens is 8. The molecule has 0 atom stereocenters. The number of anilines is 4. The van der Waals surface area contributed by atoms with Crippen molar-refractivity contribution in [1.29, 1.82) is 0 Å². The van der Waals surface area contributed by atoms with Gasteiger partial charge in [0.1, 0.15) is 41.7 Å². The highest BCUT2D eigenvalue weighted by atomic mass is 32.1. The Morgan fingerprint density at radius 3 is 1.73 bits per heavy atom. The summed E-state index contributed by atoms with van der Waals surface area (Å²) in [6, 6.07) is 0. The highest BCUT2D eigenvalue weighted by Crippen LogP contribution is 2.44. The third-order valence-corrected chi connectivity index (χ3v) is 13.1. The number of rotatable bonds is 4. The molecule has 0 radical (unpaired) electrons. The lowest BCUT2D eigenvalue weighted by Gasteiger charge is -2.27. The van der Waals surface area contributed by atoms with Crippen LogP contribution in [0.15, 0.2) is 0 Å². The Labute approximate surface area is 305 Å². The fourth-order valence-electron chi connectivity index (χ4n) is 8.50. The quantitative estimate of drug-likeness (QED) is 0.236. The smallest absolute Gasteiger partial charge is 0.172 e. The van der Waals surface area contributed by atoms with Crippen molar-refractivity contribution in [3.63, 3.8) is 0 Å². The largest absolute Gasteiger partial charge is 0.373 e. The molecule has 0 amide bonds. The first-order valence-electron chi connectivity index (χ1n) is 18.6. The van der Waals surface area contributed by atoms with Crippen LogP contribution in [0.3, 0.4) is 0 Å². The van der Waals surface area contributed by atoms with Gasteiger partial charge in [-0.15, -0.1) is 43.1 Å². The van der Waals surface area contributed by atoms with Gasteiger partial charge in [-0.25, -0.2) is 9.97 Å². The van der Waals surface area contributed by atoms with E-state index in [4.69, 9.17) is 9.97 Å². The van der Waals surface area contributed by atoms with E-state index in [2.05, 4.69) is 70.3 Å². The van der Waals surface area contributed by atoms with Crippen molar-refractivity contribution in [2.75, 3.05) is 80.4 Å². The van der Waals surface area contributed by atoms with Crippen LogP contribution in [0.4, 0.5) is 23.3 Å². The molecule has 8 heterocycles. The van der Waals surface area contributed by atoms with Gasteiger partial charge in [-0.2, -0.15) is 0 Å². The number of piperazine rings is 1. The van der Waals surface area contributed by atoms with E-state index in [1.165, 1.54) is 78.0 Å². The van der Waals surface area contributed by atoms with Crippen molar-refractivity contribution in [3.8, 4) is 0 Å². The van der Waals surface area contributed by atoms with Gasteiger partial charge in [0.15, 0.2) is 11.6 Å². The zero-order valence-electron chi connectivity index (χ0n) is 29.8. The fourth-order valence-corrected chi connectivity index (χ4v) is 10.8. The molecule has 266 valence electrons. The van der Waals surface area contributed by atoms with Crippen LogP contribution in [-0.4, -0.2) is 101 Å². The van der Waals surface area contributed by atoms with Crippen LogP contribution < -0.4 is 25.3 Å². The minimum Gasteiger partial charge on any atom is -0.373 e. The molecular formula is C36H45N13S2. The minimum absolute atomic E-state index is 0.955. The maximum Gasteiger partial charge on any atom is 0.172 e. The number of nitrogens with one attached hydrogen (secondary N) is 2. The molecule has 2 aliphatic carbocycles. The second-order valence-corrected chi connectivity index (χ2v) is 16.3. The van der Waals surface area contributed by atoms with E-state index >= 15 is 0 Å². The number of piperidine rings is 1. The molecule has 0 aromatic carbocycles. The molecule has 13 nitrogen and oxygen atoms in total. The average Bonchev–Trinajstić information content (AvgIpc) is 3.77. The molecule has 51 heavy (non-hydrogen) atoms. The highest BCUT2D eigenvalue weighted by molar-refractivity contribution is 7.26. The molecule has 2 aliphatic heterocycles. The van der Waals surface area contributed by atoms with E-state index in [0.717, 1.165) is 118 Å². The molecule has 0 bridgehead atoms. The number of hydrogen-bond acceptors (Lipinski definition) is 15. The Bertz CT molecular complexity index is 2230. The number of nitrogens with zero attached hydrogens (tertiary/aromatic N) is 11. The molecule has 2 fully saturated rings. The van der Waals surface area contributed by atoms with E-state index < -0.39 is 0 Å². The number of fused-ring (bicyclic) bond motifs is 10. The van der Waals surface area contributed by atoms with Gasteiger partial charge in [-0.3, -0.25) is 0 Å². The molecule has 6 aromatic rings. The predicted octanol–water partition coefficient (Wildman–Crippen LogP) is 5.53. The summed E-state index contributed by atoms with van der Waals surface area (Å²) >= 11 is 3.45. The molecule has 4 aliphatic rings. The van der Waals surface area contributed by atoms with E-state index in [0.29, 0.717) is 0 Å². The van der Waals surface area contributed by atoms with Crippen LogP contribution in [0.1, 0.15) is 67.2 Å². The maximum absolute atomic E-state index is 5.03. The van der Waals surface area contributed by atoms with Crippen LogP contribution in [0.2, 0.25) is 0 Å². The summed E-state index contributed by atoms with van der Waals surface area (Å²) in [6.07, 6.45) is 13.1. The molecule has 6 aromatic heterocycles. The minimum atomic E-state index is 0.955. The van der Waals surface area contributed by atoms with E-state index in [1.54, 1.807) is 22.7 Å². The van der Waals surface area contributed by atoms with Gasteiger partial charge in [0.2, 0.25) is 0 Å². The lowest BCUT2D eigenvalue weighted by molar-refractivity contribution is 0.571. The van der Waals surface area contributed by atoms with Crippen molar-refractivity contribution >= 4 is 86.8 Å². The summed E-state index contributed by atoms with van der Waals surface area (Å²) in [6.45, 7) is 6.00. The number of pyridine rings is 2. The highest BCUT2D eigenvalue weighted by Gasteiger charge is 2.27. The Morgan fingerprint density at radius 2 is 1.14 bits per heavy atom. The topological polar surface area (TPSA) is 137 Å². The van der Waals surface area contributed by atoms with E-state index in [1.807, 2.05) is 7.05 Å². The average molecular weight is 724 g/mol. The molecule has 0 saturated carbocycles. The first-order chi connectivity index (χ1) is 25.1. The molecule has 10 rings (SSSR count). The van der Waals surface area contributed by atoms with Gasteiger partial charge in [0, 0.05) is 71.2 Å². The second-order valence-electron chi connectivity index (χ2n) is 14.3. The summed E-state index contributed by atoms with van der Waals surface area (Å²) < 4.78 is 2.29. The number of aryl methyl sites for hydroxylation is 2. The molecule has 15 heteroatoms. The van der Waals surface area contributed by atoms with Crippen molar-refractivity contribution in [2.45, 2.75) is 70.6 Å². The predicted molar refractivity (Wildman–Crippen MR) is 209 cm³/mol. The summed E-state index contributed by atoms with van der Waals surface area (Å²) in [4.78, 5) is 18.9. The first kappa shape index (κ1) is 32.8. The van der Waals surface area contributed by atoms with Crippen molar-refractivity contribution in [1.82, 2.24) is 46.1 Å². The normalized spacial score (nSPS) is 17.8. The zero-order valence-corrected chi connectivity index (χ0v) is 31.4. The summed E-state index contributed by atoms with van der Waals surface area (Å²) in [5, 5.41) is 35.1. The molecular weight excluding hydrogens is 679 g/mol. The first-order valence-corrected chi connectivity index (χ1v) is 20.2. The monoisotopic (exact) mass is 723 g/mol. The standard InChI is InChI=1S/C18H23N7S.C18H22N6S/c1-24(2)16-12-6-4-3-5-11(12)13-14-15(26-18(13)20-16)17(22-23-21-14)25-9-7-19-8-10-25;1-19-16-12-8-4-3-7-11(12)13-14-15(25-18(13)20-16)17(22-23-21-14)24-9-5-2-6-10-24/h19H,3-10H2,1-2H3;2-10H2,1H3,(H,19,20). The Hall–Kier alpha value is -4.08. The van der Waals surface area contributed by atoms with Gasteiger partial charge in [-0.05, 0) is 103 Å². The van der Waals surface area contributed by atoms with Crippen molar-refractivity contribution < 1.29 is 0 Å². The van der Waals surface area contributed by atoms with Crippen LogP contribution in [0, 0.1) is 0 Å². The SMILES string of the molecule is CN(C)c1nc2sc3c(N4CCNCC4)nnnc3c2c2c1CCCC2.CNc1nc2sc3c(N4CCCCC4)nnnc3c2c2c1CCCC2. The van der Waals surface area contributed by atoms with Crippen molar-refractivity contribution in [2.24, 2.45) is 0 Å². The second kappa shape index (κ2) is 13.8. The Morgan fingerprint density at radius 1 is 0.608 bits per heavy atom. The van der Waals surface area contributed by atoms with Gasteiger partial charge in [0.05, 0.1) is 0 Å². The molecule has 0 unspecified atom stereocenters. The Kier molecular flexibility index (Phi) is 8.88. The van der Waals surface area contributed by atoms with E-state index in [9.17, 15) is 0 Å². The van der Waals surface area contributed by atoms with Gasteiger partial charge in [-0.1, -0.05) is 0 Å². The van der Waals surface area contributed by atoms with Crippen LogP contribution in [0.5, 0.6) is 0 Å². The van der Waals surface area contributed by atoms with Gasteiger partial charge >= 0.3 is 0 Å². The number of thiophene rings is 2. The molecule has 0 spiro atoms.